The van der Waals surface area contributed by atoms with Gasteiger partial charge in [0.05, 0.1) is 0 Å². The number of hydrogen-bond acceptors (Lipinski definition) is 2. The van der Waals surface area contributed by atoms with E-state index in [1.54, 1.807) is 0 Å². The number of alkyl halides is 5. The lowest BCUT2D eigenvalue weighted by Crippen LogP contribution is -2.27. The number of hydrogen-bond donors (Lipinski definition) is 1. The van der Waals surface area contributed by atoms with Gasteiger partial charge >= 0.3 is 12.3 Å². The number of carbonyl (C=O) groups is 1. The number of aliphatic carboxylic acids is 1. The number of carboxylic acids is 1. The molecule has 0 saturated heterocycles. The molecule has 1 unspecified atom stereocenters. The van der Waals surface area contributed by atoms with Crippen molar-refractivity contribution in [3.63, 3.8) is 0 Å². The van der Waals surface area contributed by atoms with Gasteiger partial charge in [0.2, 0.25) is 0 Å². The fourth-order valence-electron chi connectivity index (χ4n) is 1.90. The molecule has 0 spiro atoms. The van der Waals surface area contributed by atoms with Gasteiger partial charge in [-0.05, 0) is 17.7 Å². The molecule has 104 valence electrons. The summed E-state index contributed by atoms with van der Waals surface area (Å²) in [6.07, 6.45) is -5.76. The van der Waals surface area contributed by atoms with Gasteiger partial charge in [-0.1, -0.05) is 12.1 Å². The second kappa shape index (κ2) is 3.82. The summed E-state index contributed by atoms with van der Waals surface area (Å²) in [5, 5.41) is 8.86. The third-order valence-corrected chi connectivity index (χ3v) is 2.93. The summed E-state index contributed by atoms with van der Waals surface area (Å²) in [5.74, 6) is -5.70. The molecule has 1 aromatic rings. The molecular formula is C11H7F5O3. The van der Waals surface area contributed by atoms with Crippen molar-refractivity contribution in [3.8, 4) is 5.75 Å². The average molecular weight is 282 g/mol. The number of rotatable bonds is 3. The molecule has 1 N–H and O–H groups in total. The highest BCUT2D eigenvalue weighted by Crippen LogP contribution is 2.61. The standard InChI is InChI=1S/C11H7F5O3/c12-10(13)5-9(10,8(17)18)6-1-3-7(4-2-6)19-11(14,15)16/h1-4H,5H2,(H,17,18). The number of halogens is 5. The monoisotopic (exact) mass is 282 g/mol. The minimum atomic E-state index is -4.89. The largest absolute Gasteiger partial charge is 0.573 e. The maximum absolute atomic E-state index is 13.2. The summed E-state index contributed by atoms with van der Waals surface area (Å²) >= 11 is 0. The number of benzene rings is 1. The van der Waals surface area contributed by atoms with Crippen LogP contribution in [0, 0.1) is 0 Å². The van der Waals surface area contributed by atoms with E-state index in [2.05, 4.69) is 4.74 Å². The van der Waals surface area contributed by atoms with Crippen molar-refractivity contribution in [1.82, 2.24) is 0 Å². The topological polar surface area (TPSA) is 46.5 Å². The maximum Gasteiger partial charge on any atom is 0.573 e. The number of carboxylic acid groups (broad SMARTS) is 1. The normalized spacial score (nSPS) is 24.9. The fraction of sp³-hybridized carbons (Fsp3) is 0.364. The number of ether oxygens (including phenoxy) is 1. The van der Waals surface area contributed by atoms with Gasteiger partial charge in [0.15, 0.2) is 5.41 Å². The van der Waals surface area contributed by atoms with E-state index in [4.69, 9.17) is 5.11 Å². The van der Waals surface area contributed by atoms with Crippen LogP contribution >= 0.6 is 0 Å². The molecule has 0 aromatic heterocycles. The van der Waals surface area contributed by atoms with Crippen molar-refractivity contribution in [1.29, 1.82) is 0 Å². The highest BCUT2D eigenvalue weighted by Gasteiger charge is 2.77. The smallest absolute Gasteiger partial charge is 0.480 e. The Morgan fingerprint density at radius 1 is 1.21 bits per heavy atom. The van der Waals surface area contributed by atoms with E-state index in [0.717, 1.165) is 24.3 Å². The van der Waals surface area contributed by atoms with Crippen LogP contribution in [0.3, 0.4) is 0 Å². The third kappa shape index (κ3) is 2.22. The summed E-state index contributed by atoms with van der Waals surface area (Å²) in [6, 6.07) is 3.41. The molecule has 2 rings (SSSR count). The molecule has 1 saturated carbocycles. The Bertz CT molecular complexity index is 508. The van der Waals surface area contributed by atoms with Crippen molar-refractivity contribution in [2.45, 2.75) is 24.1 Å². The second-order valence-corrected chi connectivity index (χ2v) is 4.16. The van der Waals surface area contributed by atoms with Crippen molar-refractivity contribution in [3.05, 3.63) is 29.8 Å². The predicted molar refractivity (Wildman–Crippen MR) is 52.0 cm³/mol. The van der Waals surface area contributed by atoms with E-state index in [0.29, 0.717) is 0 Å². The van der Waals surface area contributed by atoms with E-state index in [1.165, 1.54) is 0 Å². The Morgan fingerprint density at radius 3 is 2.00 bits per heavy atom. The lowest BCUT2D eigenvalue weighted by molar-refractivity contribution is -0.274. The highest BCUT2D eigenvalue weighted by atomic mass is 19.4. The van der Waals surface area contributed by atoms with Crippen LogP contribution < -0.4 is 4.74 Å². The summed E-state index contributed by atoms with van der Waals surface area (Å²) in [5.41, 5.74) is -2.59. The van der Waals surface area contributed by atoms with E-state index < -0.39 is 35.8 Å². The lowest BCUT2D eigenvalue weighted by Gasteiger charge is -2.13. The second-order valence-electron chi connectivity index (χ2n) is 4.16. The van der Waals surface area contributed by atoms with Crippen LogP contribution in [0.5, 0.6) is 5.75 Å². The first-order chi connectivity index (χ1) is 8.58. The van der Waals surface area contributed by atoms with Gasteiger partial charge < -0.3 is 9.84 Å². The van der Waals surface area contributed by atoms with Crippen LogP contribution in [-0.2, 0) is 10.2 Å². The van der Waals surface area contributed by atoms with Gasteiger partial charge in [-0.25, -0.2) is 8.78 Å². The molecule has 1 aliphatic rings. The Balaban J connectivity index is 2.27. The van der Waals surface area contributed by atoms with Crippen LogP contribution in [0.1, 0.15) is 12.0 Å². The molecule has 0 amide bonds. The Kier molecular flexibility index (Phi) is 2.72. The van der Waals surface area contributed by atoms with Gasteiger partial charge in [-0.3, -0.25) is 4.79 Å². The minimum absolute atomic E-state index is 0.250. The molecule has 3 nitrogen and oxygen atoms in total. The Hall–Kier alpha value is -1.86. The van der Waals surface area contributed by atoms with Crippen molar-refractivity contribution >= 4 is 5.97 Å². The van der Waals surface area contributed by atoms with Gasteiger partial charge in [0.1, 0.15) is 5.75 Å². The van der Waals surface area contributed by atoms with Gasteiger partial charge in [0, 0.05) is 6.42 Å². The van der Waals surface area contributed by atoms with Crippen molar-refractivity contribution in [2.24, 2.45) is 0 Å². The zero-order valence-electron chi connectivity index (χ0n) is 9.17. The minimum Gasteiger partial charge on any atom is -0.480 e. The molecule has 0 heterocycles. The molecule has 1 aliphatic carbocycles. The summed E-state index contributed by atoms with van der Waals surface area (Å²) < 4.78 is 65.6. The van der Waals surface area contributed by atoms with E-state index in [1.807, 2.05) is 0 Å². The maximum atomic E-state index is 13.2. The van der Waals surface area contributed by atoms with Crippen LogP contribution in [0.4, 0.5) is 22.0 Å². The average Bonchev–Trinajstić information content (AvgIpc) is 2.82. The zero-order valence-corrected chi connectivity index (χ0v) is 9.17. The molecule has 1 fully saturated rings. The summed E-state index contributed by atoms with van der Waals surface area (Å²) in [7, 11) is 0. The van der Waals surface area contributed by atoms with Crippen LogP contribution in [0.2, 0.25) is 0 Å². The SMILES string of the molecule is O=C(O)C1(c2ccc(OC(F)(F)F)cc2)CC1(F)F. The first-order valence-corrected chi connectivity index (χ1v) is 5.06. The van der Waals surface area contributed by atoms with Crippen molar-refractivity contribution in [2.75, 3.05) is 0 Å². The first kappa shape index (κ1) is 13.6. The summed E-state index contributed by atoms with van der Waals surface area (Å²) in [4.78, 5) is 10.9. The van der Waals surface area contributed by atoms with E-state index in [9.17, 15) is 26.7 Å². The molecule has 0 aliphatic heterocycles. The first-order valence-electron chi connectivity index (χ1n) is 5.06. The van der Waals surface area contributed by atoms with Gasteiger partial charge in [-0.15, -0.1) is 13.2 Å². The van der Waals surface area contributed by atoms with E-state index in [-0.39, 0.29) is 5.56 Å². The molecule has 8 heteroatoms. The predicted octanol–water partition coefficient (Wildman–Crippen LogP) is 2.95. The lowest BCUT2D eigenvalue weighted by atomic mass is 9.95. The molecular weight excluding hydrogens is 275 g/mol. The fourth-order valence-corrected chi connectivity index (χ4v) is 1.90. The van der Waals surface area contributed by atoms with Crippen LogP contribution in [0.25, 0.3) is 0 Å². The van der Waals surface area contributed by atoms with Gasteiger partial charge in [0.25, 0.3) is 5.92 Å². The Morgan fingerprint density at radius 2 is 1.68 bits per heavy atom. The summed E-state index contributed by atoms with van der Waals surface area (Å²) in [6.45, 7) is 0. The molecule has 1 atom stereocenters. The van der Waals surface area contributed by atoms with Gasteiger partial charge in [-0.2, -0.15) is 0 Å². The molecule has 1 aromatic carbocycles. The highest BCUT2D eigenvalue weighted by molar-refractivity contribution is 5.87. The van der Waals surface area contributed by atoms with Crippen LogP contribution in [-0.4, -0.2) is 23.4 Å². The van der Waals surface area contributed by atoms with Crippen LogP contribution in [0.15, 0.2) is 24.3 Å². The van der Waals surface area contributed by atoms with E-state index >= 15 is 0 Å². The Labute approximate surface area is 103 Å². The third-order valence-electron chi connectivity index (χ3n) is 2.93. The van der Waals surface area contributed by atoms with Crippen molar-refractivity contribution < 1.29 is 36.6 Å². The molecule has 0 bridgehead atoms. The zero-order chi connectivity index (χ0) is 14.5. The quantitative estimate of drug-likeness (QED) is 0.867. The molecule has 19 heavy (non-hydrogen) atoms. The molecule has 0 radical (unpaired) electrons.